The van der Waals surface area contributed by atoms with Gasteiger partial charge in [-0.05, 0) is 38.9 Å². The van der Waals surface area contributed by atoms with Gasteiger partial charge in [-0.1, -0.05) is 97.1 Å². The van der Waals surface area contributed by atoms with Crippen LogP contribution in [0.15, 0.2) is 103 Å². The van der Waals surface area contributed by atoms with Crippen molar-refractivity contribution in [1.82, 2.24) is 0 Å². The van der Waals surface area contributed by atoms with Crippen LogP contribution in [0.5, 0.6) is 5.75 Å². The molecule has 138 valence electrons. The van der Waals surface area contributed by atoms with Gasteiger partial charge in [0.2, 0.25) is 0 Å². The summed E-state index contributed by atoms with van der Waals surface area (Å²) in [6.07, 6.45) is 0.952. The lowest BCUT2D eigenvalue weighted by Gasteiger charge is -2.13. The Balaban J connectivity index is 1.62. The van der Waals surface area contributed by atoms with E-state index in [9.17, 15) is 0 Å². The second-order valence-electron chi connectivity index (χ2n) is 7.70. The van der Waals surface area contributed by atoms with Crippen LogP contribution in [-0.2, 0) is 6.42 Å². The summed E-state index contributed by atoms with van der Waals surface area (Å²) in [6.45, 7) is 0. The highest BCUT2D eigenvalue weighted by atomic mass is 16.5. The molecule has 1 unspecified atom stereocenters. The van der Waals surface area contributed by atoms with Gasteiger partial charge in [-0.25, -0.2) is 0 Å². The van der Waals surface area contributed by atoms with E-state index in [1.54, 1.807) is 0 Å². The Morgan fingerprint density at radius 3 is 2.14 bits per heavy atom. The topological polar surface area (TPSA) is 9.23 Å². The van der Waals surface area contributed by atoms with E-state index in [2.05, 4.69) is 103 Å². The molecule has 0 aromatic heterocycles. The molecule has 6 rings (SSSR count). The minimum atomic E-state index is 0.0609. The van der Waals surface area contributed by atoms with Crippen molar-refractivity contribution in [2.75, 3.05) is 0 Å². The molecule has 1 nitrogen and oxygen atoms in total. The zero-order chi connectivity index (χ0) is 19.2. The van der Waals surface area contributed by atoms with Gasteiger partial charge >= 0.3 is 0 Å². The minimum Gasteiger partial charge on any atom is -0.484 e. The first-order chi connectivity index (χ1) is 14.4. The van der Waals surface area contributed by atoms with Crippen LogP contribution in [-0.4, -0.2) is 0 Å². The second kappa shape index (κ2) is 6.49. The van der Waals surface area contributed by atoms with Crippen molar-refractivity contribution in [2.24, 2.45) is 0 Å². The predicted molar refractivity (Wildman–Crippen MR) is 120 cm³/mol. The van der Waals surface area contributed by atoms with E-state index in [1.165, 1.54) is 43.8 Å². The monoisotopic (exact) mass is 372 g/mol. The third-order valence-electron chi connectivity index (χ3n) is 6.01. The summed E-state index contributed by atoms with van der Waals surface area (Å²) in [6, 6.07) is 36.7. The van der Waals surface area contributed by atoms with Crippen molar-refractivity contribution in [3.8, 4) is 16.9 Å². The molecule has 29 heavy (non-hydrogen) atoms. The number of ether oxygens (including phenoxy) is 1. The summed E-state index contributed by atoms with van der Waals surface area (Å²) >= 11 is 0. The Labute approximate surface area is 170 Å². The van der Waals surface area contributed by atoms with E-state index in [-0.39, 0.29) is 6.10 Å². The lowest BCUT2D eigenvalue weighted by atomic mass is 9.89. The predicted octanol–water partition coefficient (Wildman–Crippen LogP) is 7.34. The van der Waals surface area contributed by atoms with Gasteiger partial charge in [-0.3, -0.25) is 0 Å². The third kappa shape index (κ3) is 2.62. The van der Waals surface area contributed by atoms with Crippen LogP contribution >= 0.6 is 0 Å². The van der Waals surface area contributed by atoms with Crippen LogP contribution in [0.1, 0.15) is 17.2 Å². The Hall–Kier alpha value is -3.58. The van der Waals surface area contributed by atoms with Crippen LogP contribution in [0.2, 0.25) is 0 Å². The Bertz CT molecular complexity index is 1350. The summed E-state index contributed by atoms with van der Waals surface area (Å²) < 4.78 is 6.58. The summed E-state index contributed by atoms with van der Waals surface area (Å²) in [4.78, 5) is 0. The van der Waals surface area contributed by atoms with Gasteiger partial charge in [-0.2, -0.15) is 0 Å². The number of hydrogen-bond donors (Lipinski definition) is 0. The molecule has 0 amide bonds. The fraction of sp³-hybridized carbons (Fsp3) is 0.0714. The first kappa shape index (κ1) is 16.4. The zero-order valence-corrected chi connectivity index (χ0v) is 16.0. The van der Waals surface area contributed by atoms with Crippen molar-refractivity contribution in [3.05, 3.63) is 114 Å². The molecule has 0 radical (unpaired) electrons. The van der Waals surface area contributed by atoms with Crippen molar-refractivity contribution in [1.29, 1.82) is 0 Å². The number of fused-ring (bicyclic) bond motifs is 4. The maximum Gasteiger partial charge on any atom is 0.132 e. The van der Waals surface area contributed by atoms with E-state index in [4.69, 9.17) is 4.74 Å². The van der Waals surface area contributed by atoms with E-state index in [0.717, 1.165) is 12.2 Å². The van der Waals surface area contributed by atoms with Crippen LogP contribution in [0, 0.1) is 0 Å². The molecule has 0 bridgehead atoms. The van der Waals surface area contributed by atoms with Crippen molar-refractivity contribution < 1.29 is 4.74 Å². The summed E-state index contributed by atoms with van der Waals surface area (Å²) in [5, 5.41) is 4.98. The fourth-order valence-corrected chi connectivity index (χ4v) is 4.62. The van der Waals surface area contributed by atoms with Crippen molar-refractivity contribution in [3.63, 3.8) is 0 Å². The fourth-order valence-electron chi connectivity index (χ4n) is 4.62. The summed E-state index contributed by atoms with van der Waals surface area (Å²) in [7, 11) is 0. The van der Waals surface area contributed by atoms with E-state index < -0.39 is 0 Å². The first-order valence-corrected chi connectivity index (χ1v) is 10.1. The molecule has 0 aliphatic carbocycles. The molecule has 1 heterocycles. The van der Waals surface area contributed by atoms with E-state index in [0.29, 0.717) is 0 Å². The standard InChI is InChI=1S/C28H20O/c1-2-10-20(11-3-1)27-18-26-25(17-21-12-5-7-15-23(21)28(26)29-27)24-16-8-13-19-9-4-6-14-22(19)24/h1-17,27H,18H2. The SMILES string of the molecule is c1ccc(C2Cc3c(-c4cccc5ccccc45)cc4ccccc4c3O2)cc1. The number of hydrogen-bond acceptors (Lipinski definition) is 1. The highest BCUT2D eigenvalue weighted by Gasteiger charge is 2.29. The van der Waals surface area contributed by atoms with Gasteiger partial charge in [0, 0.05) is 17.4 Å². The average molecular weight is 372 g/mol. The molecule has 1 aliphatic heterocycles. The second-order valence-corrected chi connectivity index (χ2v) is 7.70. The highest BCUT2D eigenvalue weighted by molar-refractivity contribution is 6.02. The van der Waals surface area contributed by atoms with Crippen LogP contribution in [0.25, 0.3) is 32.7 Å². The molecule has 0 spiro atoms. The molecule has 0 fully saturated rings. The van der Waals surface area contributed by atoms with Crippen molar-refractivity contribution >= 4 is 21.5 Å². The molecule has 1 heteroatoms. The lowest BCUT2D eigenvalue weighted by molar-refractivity contribution is 0.241. The molecule has 5 aromatic rings. The van der Waals surface area contributed by atoms with Gasteiger partial charge in [0.1, 0.15) is 11.9 Å². The van der Waals surface area contributed by atoms with E-state index >= 15 is 0 Å². The highest BCUT2D eigenvalue weighted by Crippen LogP contribution is 2.47. The molecule has 0 saturated carbocycles. The number of benzene rings is 5. The lowest BCUT2D eigenvalue weighted by Crippen LogP contribution is -2.02. The Morgan fingerprint density at radius 1 is 0.586 bits per heavy atom. The Kier molecular flexibility index (Phi) is 3.67. The van der Waals surface area contributed by atoms with Gasteiger partial charge in [0.25, 0.3) is 0 Å². The van der Waals surface area contributed by atoms with Crippen LogP contribution in [0.4, 0.5) is 0 Å². The molecule has 1 aliphatic rings. The Morgan fingerprint density at radius 2 is 1.28 bits per heavy atom. The molecule has 0 N–H and O–H groups in total. The van der Waals surface area contributed by atoms with Gasteiger partial charge in [0.05, 0.1) is 0 Å². The maximum absolute atomic E-state index is 6.58. The molecule has 1 atom stereocenters. The van der Waals surface area contributed by atoms with Crippen molar-refractivity contribution in [2.45, 2.75) is 12.5 Å². The first-order valence-electron chi connectivity index (χ1n) is 10.1. The third-order valence-corrected chi connectivity index (χ3v) is 6.01. The summed E-state index contributed by atoms with van der Waals surface area (Å²) in [5.41, 5.74) is 5.11. The van der Waals surface area contributed by atoms with Crippen LogP contribution in [0.3, 0.4) is 0 Å². The minimum absolute atomic E-state index is 0.0609. The largest absolute Gasteiger partial charge is 0.484 e. The molecular formula is C28H20O. The zero-order valence-electron chi connectivity index (χ0n) is 16.0. The van der Waals surface area contributed by atoms with E-state index in [1.807, 2.05) is 0 Å². The van der Waals surface area contributed by atoms with Gasteiger partial charge in [0.15, 0.2) is 0 Å². The molecular weight excluding hydrogens is 352 g/mol. The quantitative estimate of drug-likeness (QED) is 0.315. The van der Waals surface area contributed by atoms with Gasteiger partial charge < -0.3 is 4.74 Å². The number of rotatable bonds is 2. The molecule has 5 aromatic carbocycles. The smallest absolute Gasteiger partial charge is 0.132 e. The molecule has 0 saturated heterocycles. The van der Waals surface area contributed by atoms with Gasteiger partial charge in [-0.15, -0.1) is 0 Å². The normalized spacial score (nSPS) is 15.4. The maximum atomic E-state index is 6.58. The van der Waals surface area contributed by atoms with Crippen LogP contribution < -0.4 is 4.74 Å². The average Bonchev–Trinajstić information content (AvgIpc) is 3.25. The summed E-state index contributed by atoms with van der Waals surface area (Å²) in [5.74, 6) is 1.04.